The summed E-state index contributed by atoms with van der Waals surface area (Å²) in [5, 5.41) is 0. The van der Waals surface area contributed by atoms with Crippen LogP contribution < -0.4 is 9.80 Å². The van der Waals surface area contributed by atoms with Gasteiger partial charge in [-0.25, -0.2) is 14.5 Å². The zero-order chi connectivity index (χ0) is 15.4. The lowest BCUT2D eigenvalue weighted by Gasteiger charge is -2.36. The van der Waals surface area contributed by atoms with Crippen LogP contribution in [0.2, 0.25) is 0 Å². The van der Waals surface area contributed by atoms with E-state index in [9.17, 15) is 9.59 Å². The minimum absolute atomic E-state index is 0.175. The molecule has 1 aliphatic heterocycles. The number of hydrogen-bond donors (Lipinski definition) is 0. The Morgan fingerprint density at radius 2 is 1.67 bits per heavy atom. The Labute approximate surface area is 123 Å². The van der Waals surface area contributed by atoms with E-state index in [1.165, 1.54) is 9.80 Å². The largest absolute Gasteiger partial charge is 0.449 e. The highest BCUT2D eigenvalue weighted by Crippen LogP contribution is 2.37. The van der Waals surface area contributed by atoms with Gasteiger partial charge in [0.15, 0.2) is 0 Å². The van der Waals surface area contributed by atoms with Crippen molar-refractivity contribution in [2.24, 2.45) is 0 Å². The molecule has 1 aromatic rings. The first-order valence-electron chi connectivity index (χ1n) is 6.78. The molecular formula is C15H18N2O4. The van der Waals surface area contributed by atoms with Gasteiger partial charge in [-0.05, 0) is 26.0 Å². The lowest BCUT2D eigenvalue weighted by molar-refractivity contribution is 0.157. The molecule has 1 aromatic carbocycles. The molecule has 1 heterocycles. The van der Waals surface area contributed by atoms with Gasteiger partial charge in [-0.2, -0.15) is 0 Å². The van der Waals surface area contributed by atoms with Crippen LogP contribution in [0, 0.1) is 0 Å². The fourth-order valence-corrected chi connectivity index (χ4v) is 2.17. The summed E-state index contributed by atoms with van der Waals surface area (Å²) < 4.78 is 10.1. The van der Waals surface area contributed by atoms with Gasteiger partial charge in [0, 0.05) is 5.70 Å². The number of nitrogens with zero attached hydrogens (tertiary/aromatic N) is 2. The first-order chi connectivity index (χ1) is 10.1. The molecule has 0 fully saturated rings. The van der Waals surface area contributed by atoms with Gasteiger partial charge in [0.05, 0.1) is 31.1 Å². The zero-order valence-electron chi connectivity index (χ0n) is 12.2. The number of rotatable bonds is 2. The van der Waals surface area contributed by atoms with Gasteiger partial charge >= 0.3 is 12.2 Å². The normalized spacial score (nSPS) is 13.7. The molecule has 0 N–H and O–H groups in total. The number of para-hydroxylation sites is 2. The third-order valence-corrected chi connectivity index (χ3v) is 3.01. The molecule has 21 heavy (non-hydrogen) atoms. The summed E-state index contributed by atoms with van der Waals surface area (Å²) in [6, 6.07) is 7.07. The molecule has 0 spiro atoms. The number of carbonyl (C=O) groups is 2. The number of hydrogen-bond acceptors (Lipinski definition) is 4. The smallest absolute Gasteiger partial charge is 0.418 e. The van der Waals surface area contributed by atoms with E-state index in [0.29, 0.717) is 17.1 Å². The number of fused-ring (bicyclic) bond motifs is 1. The fraction of sp³-hybridized carbons (Fsp3) is 0.333. The van der Waals surface area contributed by atoms with E-state index in [-0.39, 0.29) is 19.8 Å². The van der Waals surface area contributed by atoms with Gasteiger partial charge in [0.1, 0.15) is 0 Å². The van der Waals surface area contributed by atoms with Crippen LogP contribution in [0.1, 0.15) is 13.8 Å². The van der Waals surface area contributed by atoms with E-state index in [0.717, 1.165) is 0 Å². The fourth-order valence-electron chi connectivity index (χ4n) is 2.17. The number of anilines is 2. The minimum Gasteiger partial charge on any atom is -0.449 e. The molecule has 6 nitrogen and oxygen atoms in total. The molecule has 0 aliphatic carbocycles. The lowest BCUT2D eigenvalue weighted by atomic mass is 10.1. The van der Waals surface area contributed by atoms with E-state index in [2.05, 4.69) is 6.58 Å². The molecule has 0 unspecified atom stereocenters. The van der Waals surface area contributed by atoms with E-state index >= 15 is 0 Å². The Hall–Kier alpha value is -2.50. The highest BCUT2D eigenvalue weighted by molar-refractivity contribution is 6.02. The monoisotopic (exact) mass is 290 g/mol. The first kappa shape index (κ1) is 14.9. The summed E-state index contributed by atoms with van der Waals surface area (Å²) in [6.07, 6.45) is -0.965. The Bertz CT molecular complexity index is 571. The van der Waals surface area contributed by atoms with Crippen molar-refractivity contribution in [3.63, 3.8) is 0 Å². The number of amides is 2. The van der Waals surface area contributed by atoms with Crippen LogP contribution in [0.5, 0.6) is 0 Å². The van der Waals surface area contributed by atoms with Crippen molar-refractivity contribution in [2.45, 2.75) is 13.8 Å². The second-order valence-corrected chi connectivity index (χ2v) is 4.37. The highest BCUT2D eigenvalue weighted by atomic mass is 16.6. The van der Waals surface area contributed by atoms with Crippen molar-refractivity contribution >= 4 is 23.6 Å². The van der Waals surface area contributed by atoms with Crippen molar-refractivity contribution in [1.82, 2.24) is 0 Å². The molecule has 1 aliphatic rings. The molecular weight excluding hydrogens is 272 g/mol. The molecule has 0 saturated carbocycles. The lowest BCUT2D eigenvalue weighted by Crippen LogP contribution is -2.45. The van der Waals surface area contributed by atoms with Crippen LogP contribution in [0.15, 0.2) is 36.5 Å². The molecule has 6 heteroatoms. The van der Waals surface area contributed by atoms with Crippen molar-refractivity contribution in [2.75, 3.05) is 29.6 Å². The van der Waals surface area contributed by atoms with Crippen molar-refractivity contribution in [1.29, 1.82) is 0 Å². The second kappa shape index (κ2) is 6.30. The maximum atomic E-state index is 12.1. The molecule has 0 atom stereocenters. The summed E-state index contributed by atoms with van der Waals surface area (Å²) in [7, 11) is 0. The van der Waals surface area contributed by atoms with Crippen LogP contribution in [0.25, 0.3) is 0 Å². The third-order valence-electron chi connectivity index (χ3n) is 3.01. The first-order valence-corrected chi connectivity index (χ1v) is 6.78. The Kier molecular flexibility index (Phi) is 4.47. The summed E-state index contributed by atoms with van der Waals surface area (Å²) in [4.78, 5) is 27.0. The van der Waals surface area contributed by atoms with Gasteiger partial charge in [-0.1, -0.05) is 18.7 Å². The minimum atomic E-state index is -0.501. The quantitative estimate of drug-likeness (QED) is 0.839. The number of benzene rings is 1. The van der Waals surface area contributed by atoms with Crippen LogP contribution in [-0.2, 0) is 9.47 Å². The molecule has 0 aromatic heterocycles. The Morgan fingerprint density at radius 1 is 1.10 bits per heavy atom. The van der Waals surface area contributed by atoms with Crippen molar-refractivity contribution < 1.29 is 19.1 Å². The van der Waals surface area contributed by atoms with Gasteiger partial charge in [-0.15, -0.1) is 0 Å². The van der Waals surface area contributed by atoms with Gasteiger partial charge < -0.3 is 9.47 Å². The summed E-state index contributed by atoms with van der Waals surface area (Å²) in [5.74, 6) is 0. The maximum Gasteiger partial charge on any atom is 0.418 e. The maximum absolute atomic E-state index is 12.1. The summed E-state index contributed by atoms with van der Waals surface area (Å²) in [6.45, 7) is 8.08. The van der Waals surface area contributed by atoms with E-state index in [4.69, 9.17) is 9.47 Å². The number of ether oxygens (including phenoxy) is 2. The molecule has 0 radical (unpaired) electrons. The predicted octanol–water partition coefficient (Wildman–Crippen LogP) is 3.14. The topological polar surface area (TPSA) is 59.1 Å². The zero-order valence-corrected chi connectivity index (χ0v) is 12.2. The van der Waals surface area contributed by atoms with Gasteiger partial charge in [-0.3, -0.25) is 4.90 Å². The van der Waals surface area contributed by atoms with E-state index in [1.807, 2.05) is 0 Å². The standard InChI is InChI=1S/C15H18N2O4/c1-4-20-14(18)16-10-11(3)17(15(19)21-5-2)13-9-7-6-8-12(13)16/h6-9H,3-5,10H2,1-2H3. The highest BCUT2D eigenvalue weighted by Gasteiger charge is 2.33. The van der Waals surface area contributed by atoms with Gasteiger partial charge in [0.25, 0.3) is 0 Å². The van der Waals surface area contributed by atoms with Crippen LogP contribution in [0.3, 0.4) is 0 Å². The van der Waals surface area contributed by atoms with Crippen LogP contribution >= 0.6 is 0 Å². The third kappa shape index (κ3) is 2.84. The van der Waals surface area contributed by atoms with Crippen molar-refractivity contribution in [3.05, 3.63) is 36.5 Å². The Morgan fingerprint density at radius 3 is 2.29 bits per heavy atom. The van der Waals surface area contributed by atoms with E-state index in [1.54, 1.807) is 38.1 Å². The molecule has 2 rings (SSSR count). The molecule has 0 bridgehead atoms. The van der Waals surface area contributed by atoms with Crippen LogP contribution in [0.4, 0.5) is 21.0 Å². The molecule has 0 saturated heterocycles. The summed E-state index contributed by atoms with van der Waals surface area (Å²) in [5.41, 5.74) is 1.61. The second-order valence-electron chi connectivity index (χ2n) is 4.37. The van der Waals surface area contributed by atoms with E-state index < -0.39 is 12.2 Å². The van der Waals surface area contributed by atoms with Gasteiger partial charge in [0.2, 0.25) is 0 Å². The SMILES string of the molecule is C=C1CN(C(=O)OCC)c2ccccc2N1C(=O)OCC. The number of carbonyl (C=O) groups excluding carboxylic acids is 2. The van der Waals surface area contributed by atoms with Crippen LogP contribution in [-0.4, -0.2) is 31.9 Å². The Balaban J connectivity index is 2.41. The predicted molar refractivity (Wildman–Crippen MR) is 79.5 cm³/mol. The molecule has 112 valence electrons. The van der Waals surface area contributed by atoms with Crippen molar-refractivity contribution in [3.8, 4) is 0 Å². The average Bonchev–Trinajstić information content (AvgIpc) is 2.46. The average molecular weight is 290 g/mol. The molecule has 2 amide bonds. The summed E-state index contributed by atoms with van der Waals surface area (Å²) >= 11 is 0.